The molecule has 1 heterocycles. The standard InChI is InChI=1S/C11H7F2NOS/c1-6(15)10-5-16-11(14-10)7-2-3-8(12)9(13)4-7/h2-5H,1H3. The van der Waals surface area contributed by atoms with Crippen molar-refractivity contribution in [2.24, 2.45) is 0 Å². The third-order valence-corrected chi connectivity index (χ3v) is 2.92. The fraction of sp³-hybridized carbons (Fsp3) is 0.0909. The van der Waals surface area contributed by atoms with Gasteiger partial charge in [-0.1, -0.05) is 0 Å². The fourth-order valence-corrected chi connectivity index (χ4v) is 2.05. The summed E-state index contributed by atoms with van der Waals surface area (Å²) in [4.78, 5) is 15.1. The lowest BCUT2D eigenvalue weighted by Gasteiger charge is -1.97. The largest absolute Gasteiger partial charge is 0.293 e. The van der Waals surface area contributed by atoms with Crippen molar-refractivity contribution in [3.05, 3.63) is 40.9 Å². The van der Waals surface area contributed by atoms with E-state index in [2.05, 4.69) is 4.98 Å². The molecule has 0 N–H and O–H groups in total. The normalized spacial score (nSPS) is 10.4. The quantitative estimate of drug-likeness (QED) is 0.753. The summed E-state index contributed by atoms with van der Waals surface area (Å²) in [6, 6.07) is 3.54. The van der Waals surface area contributed by atoms with E-state index in [1.807, 2.05) is 0 Å². The summed E-state index contributed by atoms with van der Waals surface area (Å²) < 4.78 is 25.7. The first kappa shape index (κ1) is 10.9. The van der Waals surface area contributed by atoms with E-state index < -0.39 is 11.6 Å². The zero-order valence-electron chi connectivity index (χ0n) is 8.33. The Morgan fingerprint density at radius 1 is 1.31 bits per heavy atom. The van der Waals surface area contributed by atoms with Crippen LogP contribution in [0.3, 0.4) is 0 Å². The number of halogens is 2. The van der Waals surface area contributed by atoms with Crippen LogP contribution >= 0.6 is 11.3 Å². The monoisotopic (exact) mass is 239 g/mol. The van der Waals surface area contributed by atoms with Crippen LogP contribution in [-0.2, 0) is 0 Å². The first-order chi connectivity index (χ1) is 7.58. The number of aromatic nitrogens is 1. The average Bonchev–Trinajstić information content (AvgIpc) is 2.71. The first-order valence-electron chi connectivity index (χ1n) is 4.50. The molecule has 0 unspecified atom stereocenters. The van der Waals surface area contributed by atoms with Crippen LogP contribution in [0.2, 0.25) is 0 Å². The summed E-state index contributed by atoms with van der Waals surface area (Å²) in [7, 11) is 0. The first-order valence-corrected chi connectivity index (χ1v) is 5.38. The van der Waals surface area contributed by atoms with Crippen molar-refractivity contribution >= 4 is 17.1 Å². The predicted octanol–water partition coefficient (Wildman–Crippen LogP) is 3.29. The molecule has 5 heteroatoms. The number of nitrogens with zero attached hydrogens (tertiary/aromatic N) is 1. The second-order valence-corrected chi connectivity index (χ2v) is 4.08. The van der Waals surface area contributed by atoms with Crippen molar-refractivity contribution in [2.75, 3.05) is 0 Å². The Labute approximate surface area is 94.6 Å². The van der Waals surface area contributed by atoms with Crippen LogP contribution in [0, 0.1) is 11.6 Å². The molecule has 2 aromatic rings. The predicted molar refractivity (Wildman–Crippen MR) is 57.5 cm³/mol. The number of ketones is 1. The van der Waals surface area contributed by atoms with Crippen molar-refractivity contribution in [3.63, 3.8) is 0 Å². The van der Waals surface area contributed by atoms with Crippen molar-refractivity contribution in [2.45, 2.75) is 6.92 Å². The number of carbonyl (C=O) groups is 1. The molecule has 0 aliphatic rings. The lowest BCUT2D eigenvalue weighted by molar-refractivity contribution is 0.101. The molecule has 1 aromatic heterocycles. The van der Waals surface area contributed by atoms with E-state index in [-0.39, 0.29) is 5.78 Å². The lowest BCUT2D eigenvalue weighted by atomic mass is 10.2. The van der Waals surface area contributed by atoms with Crippen LogP contribution < -0.4 is 0 Å². The summed E-state index contributed by atoms with van der Waals surface area (Å²) in [5.74, 6) is -1.96. The Morgan fingerprint density at radius 2 is 2.06 bits per heavy atom. The number of benzene rings is 1. The van der Waals surface area contributed by atoms with E-state index in [9.17, 15) is 13.6 Å². The van der Waals surface area contributed by atoms with Crippen LogP contribution in [0.25, 0.3) is 10.6 Å². The van der Waals surface area contributed by atoms with Crippen LogP contribution in [0.4, 0.5) is 8.78 Å². The van der Waals surface area contributed by atoms with Crippen molar-refractivity contribution in [3.8, 4) is 10.6 Å². The minimum Gasteiger partial charge on any atom is -0.293 e. The smallest absolute Gasteiger partial charge is 0.178 e. The van der Waals surface area contributed by atoms with Gasteiger partial charge in [-0.3, -0.25) is 4.79 Å². The molecular weight excluding hydrogens is 232 g/mol. The van der Waals surface area contributed by atoms with Crippen molar-refractivity contribution < 1.29 is 13.6 Å². The molecule has 0 radical (unpaired) electrons. The Bertz CT molecular complexity index is 551. The van der Waals surface area contributed by atoms with Crippen LogP contribution in [0.1, 0.15) is 17.4 Å². The van der Waals surface area contributed by atoms with E-state index in [1.54, 1.807) is 5.38 Å². The van der Waals surface area contributed by atoms with E-state index in [0.717, 1.165) is 12.1 Å². The van der Waals surface area contributed by atoms with Gasteiger partial charge in [0, 0.05) is 17.9 Å². The summed E-state index contributed by atoms with van der Waals surface area (Å²) in [6.45, 7) is 1.41. The molecule has 16 heavy (non-hydrogen) atoms. The Balaban J connectivity index is 2.42. The maximum absolute atomic E-state index is 13.0. The number of thiazole rings is 1. The van der Waals surface area contributed by atoms with Gasteiger partial charge in [0.15, 0.2) is 17.4 Å². The second-order valence-electron chi connectivity index (χ2n) is 3.22. The van der Waals surface area contributed by atoms with E-state index in [0.29, 0.717) is 16.3 Å². The molecule has 2 rings (SSSR count). The summed E-state index contributed by atoms with van der Waals surface area (Å²) in [5, 5.41) is 2.10. The van der Waals surface area contributed by atoms with Crippen LogP contribution in [0.5, 0.6) is 0 Å². The summed E-state index contributed by atoms with van der Waals surface area (Å²) >= 11 is 1.22. The topological polar surface area (TPSA) is 30.0 Å². The van der Waals surface area contributed by atoms with Gasteiger partial charge < -0.3 is 0 Å². The average molecular weight is 239 g/mol. The molecule has 1 aromatic carbocycles. The molecule has 82 valence electrons. The highest BCUT2D eigenvalue weighted by Gasteiger charge is 2.10. The van der Waals surface area contributed by atoms with Crippen molar-refractivity contribution in [1.29, 1.82) is 0 Å². The highest BCUT2D eigenvalue weighted by Crippen LogP contribution is 2.25. The zero-order chi connectivity index (χ0) is 11.7. The number of hydrogen-bond donors (Lipinski definition) is 0. The molecule has 0 aliphatic carbocycles. The van der Waals surface area contributed by atoms with Gasteiger partial charge >= 0.3 is 0 Å². The molecular formula is C11H7F2NOS. The van der Waals surface area contributed by atoms with Gasteiger partial charge in [0.25, 0.3) is 0 Å². The SMILES string of the molecule is CC(=O)c1csc(-c2ccc(F)c(F)c2)n1. The zero-order valence-corrected chi connectivity index (χ0v) is 9.15. The maximum atomic E-state index is 13.0. The Hall–Kier alpha value is -1.62. The summed E-state index contributed by atoms with van der Waals surface area (Å²) in [6.07, 6.45) is 0. The molecule has 0 bridgehead atoms. The summed E-state index contributed by atoms with van der Waals surface area (Å²) in [5.41, 5.74) is 0.807. The second kappa shape index (κ2) is 4.09. The fourth-order valence-electron chi connectivity index (χ4n) is 1.20. The molecule has 0 atom stereocenters. The minimum atomic E-state index is -0.919. The van der Waals surface area contributed by atoms with E-state index in [4.69, 9.17) is 0 Å². The number of carbonyl (C=O) groups excluding carboxylic acids is 1. The molecule has 0 amide bonds. The molecule has 0 fully saturated rings. The highest BCUT2D eigenvalue weighted by molar-refractivity contribution is 7.13. The van der Waals surface area contributed by atoms with Crippen molar-refractivity contribution in [1.82, 2.24) is 4.98 Å². The third-order valence-electron chi connectivity index (χ3n) is 2.03. The van der Waals surface area contributed by atoms with Gasteiger partial charge in [-0.15, -0.1) is 11.3 Å². The number of Topliss-reactive ketones (excluding diaryl/α,β-unsaturated/α-hetero) is 1. The van der Waals surface area contributed by atoms with Gasteiger partial charge in [-0.25, -0.2) is 13.8 Å². The van der Waals surface area contributed by atoms with E-state index in [1.165, 1.54) is 24.3 Å². The highest BCUT2D eigenvalue weighted by atomic mass is 32.1. The van der Waals surface area contributed by atoms with Crippen LogP contribution in [-0.4, -0.2) is 10.8 Å². The lowest BCUT2D eigenvalue weighted by Crippen LogP contribution is -1.91. The molecule has 2 nitrogen and oxygen atoms in total. The molecule has 0 saturated carbocycles. The third kappa shape index (κ3) is 1.99. The van der Waals surface area contributed by atoms with E-state index >= 15 is 0 Å². The van der Waals surface area contributed by atoms with Crippen LogP contribution in [0.15, 0.2) is 23.6 Å². The number of hydrogen-bond acceptors (Lipinski definition) is 3. The molecule has 0 saturated heterocycles. The molecule has 0 aliphatic heterocycles. The Kier molecular flexibility index (Phi) is 2.78. The minimum absolute atomic E-state index is 0.148. The number of rotatable bonds is 2. The van der Waals surface area contributed by atoms with Gasteiger partial charge in [-0.05, 0) is 18.2 Å². The van der Waals surface area contributed by atoms with Gasteiger partial charge in [0.2, 0.25) is 0 Å². The van der Waals surface area contributed by atoms with Gasteiger partial charge in [-0.2, -0.15) is 0 Å². The van der Waals surface area contributed by atoms with Gasteiger partial charge in [0.1, 0.15) is 10.7 Å². The maximum Gasteiger partial charge on any atom is 0.178 e. The van der Waals surface area contributed by atoms with Gasteiger partial charge in [0.05, 0.1) is 0 Å². The molecule has 0 spiro atoms. The Morgan fingerprint density at radius 3 is 2.62 bits per heavy atom.